The number of aromatic amines is 1. The minimum Gasteiger partial charge on any atom is -0.347 e. The molecule has 1 atom stereocenters. The molecule has 80 valence electrons. The Morgan fingerprint density at radius 3 is 2.93 bits per heavy atom. The first-order valence-electron chi connectivity index (χ1n) is 5.10. The smallest absolute Gasteiger partial charge is 0.128 e. The number of nitrogens with zero attached hydrogens (tertiary/aromatic N) is 1. The van der Waals surface area contributed by atoms with E-state index >= 15 is 0 Å². The lowest BCUT2D eigenvalue weighted by Gasteiger charge is -2.13. The average Bonchev–Trinajstić information content (AvgIpc) is 2.85. The molecule has 0 radical (unpaired) electrons. The molecular formula is C11H15N3S. The highest BCUT2D eigenvalue weighted by molar-refractivity contribution is 7.12. The summed E-state index contributed by atoms with van der Waals surface area (Å²) in [5.74, 6) is 0.985. The highest BCUT2D eigenvalue weighted by Crippen LogP contribution is 2.26. The maximum Gasteiger partial charge on any atom is 0.128 e. The Bertz CT molecular complexity index is 405. The lowest BCUT2D eigenvalue weighted by Crippen LogP contribution is -2.22. The summed E-state index contributed by atoms with van der Waals surface area (Å²) < 4.78 is 0. The van der Waals surface area contributed by atoms with Crippen LogP contribution in [0.1, 0.15) is 28.5 Å². The van der Waals surface area contributed by atoms with Crippen molar-refractivity contribution in [2.75, 3.05) is 6.54 Å². The van der Waals surface area contributed by atoms with Crippen LogP contribution in [0.25, 0.3) is 0 Å². The molecule has 0 aliphatic heterocycles. The van der Waals surface area contributed by atoms with Crippen LogP contribution in [0.3, 0.4) is 0 Å². The Morgan fingerprint density at radius 1 is 1.53 bits per heavy atom. The highest BCUT2D eigenvalue weighted by Gasteiger charge is 2.16. The van der Waals surface area contributed by atoms with Crippen molar-refractivity contribution in [1.29, 1.82) is 0 Å². The van der Waals surface area contributed by atoms with Gasteiger partial charge in [-0.3, -0.25) is 0 Å². The number of hydrogen-bond donors (Lipinski definition) is 2. The highest BCUT2D eigenvalue weighted by atomic mass is 32.1. The van der Waals surface area contributed by atoms with Gasteiger partial charge in [0.05, 0.1) is 0 Å². The van der Waals surface area contributed by atoms with Gasteiger partial charge < -0.3 is 10.3 Å². The van der Waals surface area contributed by atoms with E-state index in [0.29, 0.717) is 0 Å². The van der Waals surface area contributed by atoms with E-state index < -0.39 is 0 Å². The maximum absolute atomic E-state index is 4.31. The van der Waals surface area contributed by atoms with Crippen LogP contribution in [0.15, 0.2) is 24.5 Å². The van der Waals surface area contributed by atoms with Crippen LogP contribution >= 0.6 is 11.3 Å². The molecule has 0 bridgehead atoms. The van der Waals surface area contributed by atoms with Gasteiger partial charge in [0, 0.05) is 22.1 Å². The second-order valence-corrected chi connectivity index (χ2v) is 4.73. The summed E-state index contributed by atoms with van der Waals surface area (Å²) >= 11 is 1.81. The van der Waals surface area contributed by atoms with Crippen molar-refractivity contribution in [2.45, 2.75) is 19.9 Å². The van der Waals surface area contributed by atoms with Crippen LogP contribution < -0.4 is 5.32 Å². The van der Waals surface area contributed by atoms with Crippen molar-refractivity contribution in [2.24, 2.45) is 0 Å². The second kappa shape index (κ2) is 4.59. The summed E-state index contributed by atoms with van der Waals surface area (Å²) in [6, 6.07) is 4.51. The number of H-pyrrole nitrogens is 1. The number of nitrogens with one attached hydrogen (secondary N) is 2. The van der Waals surface area contributed by atoms with E-state index in [1.54, 1.807) is 6.20 Å². The molecule has 2 aromatic rings. The molecule has 2 rings (SSSR count). The first-order chi connectivity index (χ1) is 7.31. The molecule has 0 aromatic carbocycles. The number of thiophene rings is 1. The minimum atomic E-state index is 0.198. The summed E-state index contributed by atoms with van der Waals surface area (Å²) in [4.78, 5) is 10.1. The molecule has 15 heavy (non-hydrogen) atoms. The number of imidazole rings is 1. The number of aryl methyl sites for hydroxylation is 1. The molecule has 2 aromatic heterocycles. The zero-order valence-corrected chi connectivity index (χ0v) is 9.77. The predicted molar refractivity (Wildman–Crippen MR) is 63.2 cm³/mol. The van der Waals surface area contributed by atoms with Gasteiger partial charge in [-0.2, -0.15) is 0 Å². The maximum atomic E-state index is 4.31. The Labute approximate surface area is 93.6 Å². The molecule has 0 amide bonds. The first-order valence-corrected chi connectivity index (χ1v) is 5.92. The van der Waals surface area contributed by atoms with Crippen molar-refractivity contribution < 1.29 is 0 Å². The molecule has 0 saturated heterocycles. The lowest BCUT2D eigenvalue weighted by atomic mass is 10.2. The van der Waals surface area contributed by atoms with E-state index in [1.807, 2.05) is 17.5 Å². The largest absolute Gasteiger partial charge is 0.347 e. The van der Waals surface area contributed by atoms with Crippen molar-refractivity contribution in [3.05, 3.63) is 40.1 Å². The molecule has 1 unspecified atom stereocenters. The zero-order chi connectivity index (χ0) is 10.7. The summed E-state index contributed by atoms with van der Waals surface area (Å²) in [5, 5.41) is 3.43. The van der Waals surface area contributed by atoms with E-state index in [4.69, 9.17) is 0 Å². The van der Waals surface area contributed by atoms with Gasteiger partial charge in [-0.25, -0.2) is 4.98 Å². The van der Waals surface area contributed by atoms with Gasteiger partial charge >= 0.3 is 0 Å². The van der Waals surface area contributed by atoms with Crippen LogP contribution in [0, 0.1) is 6.92 Å². The molecule has 2 N–H and O–H groups in total. The SMILES string of the molecule is CCNC(c1ncc[nH]1)c1ccc(C)s1. The van der Waals surface area contributed by atoms with Crippen molar-refractivity contribution in [3.63, 3.8) is 0 Å². The van der Waals surface area contributed by atoms with Crippen LogP contribution in [0.4, 0.5) is 0 Å². The molecule has 0 aliphatic rings. The van der Waals surface area contributed by atoms with E-state index in [2.05, 4.69) is 41.3 Å². The van der Waals surface area contributed by atoms with E-state index in [-0.39, 0.29) is 6.04 Å². The molecule has 4 heteroatoms. The van der Waals surface area contributed by atoms with Crippen LogP contribution in [0.2, 0.25) is 0 Å². The third-order valence-corrected chi connectivity index (χ3v) is 3.31. The standard InChI is InChI=1S/C11H15N3S/c1-3-12-10(11-13-6-7-14-11)9-5-4-8(2)15-9/h4-7,10,12H,3H2,1-2H3,(H,13,14). The number of aromatic nitrogens is 2. The van der Waals surface area contributed by atoms with Gasteiger partial charge in [0.2, 0.25) is 0 Å². The van der Waals surface area contributed by atoms with Crippen LogP contribution in [-0.4, -0.2) is 16.5 Å². The molecule has 0 aliphatic carbocycles. The Morgan fingerprint density at radius 2 is 2.40 bits per heavy atom. The fourth-order valence-corrected chi connectivity index (χ4v) is 2.54. The molecule has 0 saturated carbocycles. The molecule has 0 fully saturated rings. The Hall–Kier alpha value is -1.13. The Balaban J connectivity index is 2.27. The topological polar surface area (TPSA) is 40.7 Å². The normalized spacial score (nSPS) is 12.9. The van der Waals surface area contributed by atoms with Gasteiger partial charge in [-0.1, -0.05) is 6.92 Å². The summed E-state index contributed by atoms with van der Waals surface area (Å²) in [5.41, 5.74) is 0. The fraction of sp³-hybridized carbons (Fsp3) is 0.364. The number of rotatable bonds is 4. The van der Waals surface area contributed by atoms with E-state index in [0.717, 1.165) is 12.4 Å². The first kappa shape index (κ1) is 10.4. The van der Waals surface area contributed by atoms with Gasteiger partial charge in [0.15, 0.2) is 0 Å². The lowest BCUT2D eigenvalue weighted by molar-refractivity contribution is 0.612. The second-order valence-electron chi connectivity index (χ2n) is 3.41. The minimum absolute atomic E-state index is 0.198. The average molecular weight is 221 g/mol. The monoisotopic (exact) mass is 221 g/mol. The van der Waals surface area contributed by atoms with Crippen molar-refractivity contribution in [3.8, 4) is 0 Å². The Kier molecular flexibility index (Phi) is 3.18. The molecule has 2 heterocycles. The fourth-order valence-electron chi connectivity index (χ4n) is 1.58. The molecular weight excluding hydrogens is 206 g/mol. The van der Waals surface area contributed by atoms with Gasteiger partial charge in [-0.05, 0) is 25.6 Å². The summed E-state index contributed by atoms with van der Waals surface area (Å²) in [6.07, 6.45) is 3.65. The summed E-state index contributed by atoms with van der Waals surface area (Å²) in [7, 11) is 0. The molecule has 3 nitrogen and oxygen atoms in total. The third-order valence-electron chi connectivity index (χ3n) is 2.25. The van der Waals surface area contributed by atoms with E-state index in [1.165, 1.54) is 9.75 Å². The molecule has 0 spiro atoms. The van der Waals surface area contributed by atoms with Gasteiger partial charge in [-0.15, -0.1) is 11.3 Å². The quantitative estimate of drug-likeness (QED) is 0.832. The van der Waals surface area contributed by atoms with Gasteiger partial charge in [0.25, 0.3) is 0 Å². The predicted octanol–water partition coefficient (Wildman–Crippen LogP) is 2.48. The summed E-state index contributed by atoms with van der Waals surface area (Å²) in [6.45, 7) is 5.16. The zero-order valence-electron chi connectivity index (χ0n) is 8.95. The number of hydrogen-bond acceptors (Lipinski definition) is 3. The van der Waals surface area contributed by atoms with Crippen molar-refractivity contribution in [1.82, 2.24) is 15.3 Å². The van der Waals surface area contributed by atoms with Crippen LogP contribution in [-0.2, 0) is 0 Å². The van der Waals surface area contributed by atoms with Crippen LogP contribution in [0.5, 0.6) is 0 Å². The van der Waals surface area contributed by atoms with Gasteiger partial charge in [0.1, 0.15) is 11.9 Å². The van der Waals surface area contributed by atoms with Crippen molar-refractivity contribution >= 4 is 11.3 Å². The van der Waals surface area contributed by atoms with E-state index in [9.17, 15) is 0 Å². The third kappa shape index (κ3) is 2.27.